The van der Waals surface area contributed by atoms with Gasteiger partial charge >= 0.3 is 0 Å². The lowest BCUT2D eigenvalue weighted by molar-refractivity contribution is -0.120. The van der Waals surface area contributed by atoms with E-state index in [1.807, 2.05) is 18.2 Å². The second-order valence-electron chi connectivity index (χ2n) is 2.93. The van der Waals surface area contributed by atoms with Crippen LogP contribution in [0.5, 0.6) is 0 Å². The minimum atomic E-state index is -0.474. The summed E-state index contributed by atoms with van der Waals surface area (Å²) < 4.78 is 0. The van der Waals surface area contributed by atoms with Crippen LogP contribution in [-0.4, -0.2) is 22.5 Å². The zero-order chi connectivity index (χ0) is 12.5. The van der Waals surface area contributed by atoms with Gasteiger partial charge in [-0.1, -0.05) is 17.8 Å². The maximum atomic E-state index is 10.9. The Kier molecular flexibility index (Phi) is 5.54. The molecule has 0 radical (unpaired) electrons. The number of hydrogen-bond donors (Lipinski definition) is 2. The summed E-state index contributed by atoms with van der Waals surface area (Å²) in [5.74, 6) is 0.217. The lowest BCUT2D eigenvalue weighted by Gasteiger charge is -2.00. The maximum absolute atomic E-state index is 10.9. The van der Waals surface area contributed by atoms with E-state index in [4.69, 9.17) is 11.0 Å². The SMILES string of the molecule is N#CCC(=O)N/N=C(\N)CSc1ccccn1. The van der Waals surface area contributed by atoms with Crippen molar-refractivity contribution in [1.29, 1.82) is 5.26 Å². The van der Waals surface area contributed by atoms with E-state index in [1.54, 1.807) is 12.3 Å². The molecule has 0 fully saturated rings. The fraction of sp³-hybridized carbons (Fsp3) is 0.200. The van der Waals surface area contributed by atoms with E-state index >= 15 is 0 Å². The Bertz CT molecular complexity index is 440. The summed E-state index contributed by atoms with van der Waals surface area (Å²) in [6.07, 6.45) is 1.45. The summed E-state index contributed by atoms with van der Waals surface area (Å²) >= 11 is 1.41. The van der Waals surface area contributed by atoms with E-state index in [9.17, 15) is 4.79 Å². The molecule has 17 heavy (non-hydrogen) atoms. The normalized spacial score (nSPS) is 10.6. The van der Waals surface area contributed by atoms with E-state index in [0.717, 1.165) is 5.03 Å². The first-order valence-electron chi connectivity index (χ1n) is 4.74. The quantitative estimate of drug-likeness (QED) is 0.342. The molecule has 88 valence electrons. The molecule has 0 aliphatic rings. The molecule has 1 aromatic heterocycles. The fourth-order valence-electron chi connectivity index (χ4n) is 0.858. The number of aromatic nitrogens is 1. The van der Waals surface area contributed by atoms with E-state index in [1.165, 1.54) is 11.8 Å². The monoisotopic (exact) mass is 249 g/mol. The molecule has 0 bridgehead atoms. The molecule has 7 heteroatoms. The Morgan fingerprint density at radius 2 is 2.47 bits per heavy atom. The predicted octanol–water partition coefficient (Wildman–Crippen LogP) is 0.476. The first-order valence-corrected chi connectivity index (χ1v) is 5.72. The molecule has 0 spiro atoms. The second-order valence-corrected chi connectivity index (χ2v) is 3.93. The van der Waals surface area contributed by atoms with Gasteiger partial charge in [-0.15, -0.1) is 0 Å². The molecule has 1 amide bonds. The molecule has 1 rings (SSSR count). The molecular weight excluding hydrogens is 238 g/mol. The largest absolute Gasteiger partial charge is 0.385 e. The van der Waals surface area contributed by atoms with Gasteiger partial charge in [0.2, 0.25) is 0 Å². The average Bonchev–Trinajstić information content (AvgIpc) is 2.35. The second kappa shape index (κ2) is 7.24. The van der Waals surface area contributed by atoms with Crippen LogP contribution in [-0.2, 0) is 4.79 Å². The Balaban J connectivity index is 2.35. The van der Waals surface area contributed by atoms with Crippen LogP contribution in [0.4, 0.5) is 0 Å². The standard InChI is InChI=1S/C10H11N5OS/c11-5-4-9(16)15-14-8(12)7-17-10-3-1-2-6-13-10/h1-3,6H,4,7H2,(H2,12,14)(H,15,16). The molecule has 0 atom stereocenters. The number of rotatable bonds is 5. The fourth-order valence-corrected chi connectivity index (χ4v) is 1.53. The van der Waals surface area contributed by atoms with Gasteiger partial charge in [-0.05, 0) is 12.1 Å². The number of amides is 1. The summed E-state index contributed by atoms with van der Waals surface area (Å²) in [5, 5.41) is 12.7. The maximum Gasteiger partial charge on any atom is 0.254 e. The van der Waals surface area contributed by atoms with Crippen molar-refractivity contribution in [2.75, 3.05) is 5.75 Å². The first kappa shape index (κ1) is 13.0. The molecular formula is C10H11N5OS. The van der Waals surface area contributed by atoms with Crippen molar-refractivity contribution in [3.63, 3.8) is 0 Å². The number of thioether (sulfide) groups is 1. The number of carbonyl (C=O) groups excluding carboxylic acids is 1. The van der Waals surface area contributed by atoms with Gasteiger partial charge < -0.3 is 5.73 Å². The Hall–Kier alpha value is -2.07. The third-order valence-electron chi connectivity index (χ3n) is 1.57. The highest BCUT2D eigenvalue weighted by atomic mass is 32.2. The number of pyridine rings is 1. The molecule has 0 saturated heterocycles. The van der Waals surface area contributed by atoms with Gasteiger partial charge in [-0.2, -0.15) is 10.4 Å². The van der Waals surface area contributed by atoms with Gasteiger partial charge in [0.1, 0.15) is 12.3 Å². The van der Waals surface area contributed by atoms with E-state index in [2.05, 4.69) is 15.5 Å². The molecule has 0 saturated carbocycles. The highest BCUT2D eigenvalue weighted by Gasteiger charge is 2.00. The Labute approximate surface area is 103 Å². The number of nitrogens with zero attached hydrogens (tertiary/aromatic N) is 3. The highest BCUT2D eigenvalue weighted by molar-refractivity contribution is 7.99. The van der Waals surface area contributed by atoms with E-state index < -0.39 is 5.91 Å². The van der Waals surface area contributed by atoms with Gasteiger partial charge in [-0.25, -0.2) is 10.4 Å². The average molecular weight is 249 g/mol. The summed E-state index contributed by atoms with van der Waals surface area (Å²) in [6, 6.07) is 7.26. The van der Waals surface area contributed by atoms with Crippen LogP contribution in [0.25, 0.3) is 0 Å². The van der Waals surface area contributed by atoms with Crippen LogP contribution in [0.2, 0.25) is 0 Å². The van der Waals surface area contributed by atoms with Gasteiger partial charge in [-0.3, -0.25) is 4.79 Å². The van der Waals surface area contributed by atoms with Gasteiger partial charge in [0.05, 0.1) is 16.8 Å². The molecule has 0 aliphatic heterocycles. The number of nitrogens with one attached hydrogen (secondary N) is 1. The molecule has 3 N–H and O–H groups in total. The summed E-state index contributed by atoms with van der Waals surface area (Å²) in [5.41, 5.74) is 7.76. The zero-order valence-corrected chi connectivity index (χ0v) is 9.78. The Morgan fingerprint density at radius 1 is 1.65 bits per heavy atom. The van der Waals surface area contributed by atoms with E-state index in [-0.39, 0.29) is 12.3 Å². The van der Waals surface area contributed by atoms with Crippen molar-refractivity contribution in [2.24, 2.45) is 10.8 Å². The number of hydrogen-bond acceptors (Lipinski definition) is 5. The van der Waals surface area contributed by atoms with Crippen LogP contribution in [0, 0.1) is 11.3 Å². The molecule has 1 aromatic rings. The smallest absolute Gasteiger partial charge is 0.254 e. The zero-order valence-electron chi connectivity index (χ0n) is 8.96. The van der Waals surface area contributed by atoms with Gasteiger partial charge in [0.15, 0.2) is 0 Å². The first-order chi connectivity index (χ1) is 8.22. The topological polar surface area (TPSA) is 104 Å². The minimum absolute atomic E-state index is 0.232. The van der Waals surface area contributed by atoms with Crippen LogP contribution in [0.15, 0.2) is 34.5 Å². The summed E-state index contributed by atoms with van der Waals surface area (Å²) in [7, 11) is 0. The van der Waals surface area contributed by atoms with E-state index in [0.29, 0.717) is 5.75 Å². The highest BCUT2D eigenvalue weighted by Crippen LogP contribution is 2.12. The number of nitrogens with two attached hydrogens (primary N) is 1. The van der Waals surface area contributed by atoms with Gasteiger partial charge in [0, 0.05) is 6.20 Å². The third-order valence-corrected chi connectivity index (χ3v) is 2.55. The van der Waals surface area contributed by atoms with Crippen LogP contribution in [0.1, 0.15) is 6.42 Å². The number of amidine groups is 1. The van der Waals surface area contributed by atoms with Crippen molar-refractivity contribution in [1.82, 2.24) is 10.4 Å². The number of carbonyl (C=O) groups is 1. The summed E-state index contributed by atoms with van der Waals surface area (Å²) in [4.78, 5) is 15.0. The van der Waals surface area contributed by atoms with Crippen LogP contribution < -0.4 is 11.2 Å². The molecule has 0 unspecified atom stereocenters. The van der Waals surface area contributed by atoms with Crippen molar-refractivity contribution >= 4 is 23.5 Å². The minimum Gasteiger partial charge on any atom is -0.385 e. The van der Waals surface area contributed by atoms with Crippen LogP contribution in [0.3, 0.4) is 0 Å². The number of nitriles is 1. The molecule has 0 aliphatic carbocycles. The Morgan fingerprint density at radius 3 is 3.12 bits per heavy atom. The molecule has 0 aromatic carbocycles. The van der Waals surface area contributed by atoms with Crippen molar-refractivity contribution < 1.29 is 4.79 Å². The molecule has 6 nitrogen and oxygen atoms in total. The van der Waals surface area contributed by atoms with Crippen molar-refractivity contribution in [3.05, 3.63) is 24.4 Å². The predicted molar refractivity (Wildman–Crippen MR) is 65.0 cm³/mol. The van der Waals surface area contributed by atoms with Gasteiger partial charge in [0.25, 0.3) is 5.91 Å². The van der Waals surface area contributed by atoms with Crippen molar-refractivity contribution in [2.45, 2.75) is 11.4 Å². The lowest BCUT2D eigenvalue weighted by Crippen LogP contribution is -2.24. The van der Waals surface area contributed by atoms with Crippen molar-refractivity contribution in [3.8, 4) is 6.07 Å². The lowest BCUT2D eigenvalue weighted by atomic mass is 10.5. The number of hydrazone groups is 1. The summed E-state index contributed by atoms with van der Waals surface area (Å²) in [6.45, 7) is 0. The molecule has 1 heterocycles. The third kappa shape index (κ3) is 5.53. The van der Waals surface area contributed by atoms with Crippen LogP contribution >= 0.6 is 11.8 Å².